The maximum atomic E-state index is 11.8. The van der Waals surface area contributed by atoms with Crippen molar-refractivity contribution in [2.24, 2.45) is 0 Å². The average molecular weight is 389 g/mol. The van der Waals surface area contributed by atoms with Crippen LogP contribution in [0.4, 0.5) is 23.1 Å². The van der Waals surface area contributed by atoms with Crippen LogP contribution < -0.4 is 15.5 Å². The summed E-state index contributed by atoms with van der Waals surface area (Å²) in [5.74, 6) is 1.40. The molecule has 27 heavy (non-hydrogen) atoms. The molecular weight excluding hydrogens is 366 g/mol. The number of anilines is 4. The highest BCUT2D eigenvalue weighted by Crippen LogP contribution is 2.24. The third-order valence-electron chi connectivity index (χ3n) is 4.39. The van der Waals surface area contributed by atoms with E-state index in [1.165, 1.54) is 6.92 Å². The Hall–Kier alpha value is -2.68. The monoisotopic (exact) mass is 389 g/mol. The van der Waals surface area contributed by atoms with Gasteiger partial charge in [0.1, 0.15) is 5.82 Å². The molecule has 0 bridgehead atoms. The number of aromatic nitrogens is 2. The molecule has 1 atom stereocenters. The van der Waals surface area contributed by atoms with Gasteiger partial charge in [-0.15, -0.1) is 0 Å². The largest absolute Gasteiger partial charge is 0.353 e. The lowest BCUT2D eigenvalue weighted by Crippen LogP contribution is -2.36. The fourth-order valence-electron chi connectivity index (χ4n) is 3.17. The fourth-order valence-corrected chi connectivity index (χ4v) is 4.90. The number of carbonyl (C=O) groups is 1. The van der Waals surface area contributed by atoms with Gasteiger partial charge in [-0.25, -0.2) is 13.4 Å². The van der Waals surface area contributed by atoms with Crippen molar-refractivity contribution in [1.29, 1.82) is 0 Å². The van der Waals surface area contributed by atoms with E-state index >= 15 is 0 Å². The van der Waals surface area contributed by atoms with Crippen LogP contribution in [-0.4, -0.2) is 48.4 Å². The number of benzene rings is 1. The minimum atomic E-state index is -2.96. The van der Waals surface area contributed by atoms with E-state index in [0.717, 1.165) is 5.69 Å². The Morgan fingerprint density at radius 2 is 1.93 bits per heavy atom. The maximum Gasteiger partial charge on any atom is 0.229 e. The number of carbonyl (C=O) groups excluding carboxylic acids is 1. The van der Waals surface area contributed by atoms with Gasteiger partial charge in [-0.3, -0.25) is 4.79 Å². The summed E-state index contributed by atoms with van der Waals surface area (Å²) in [6.07, 6.45) is 2.27. The molecular formula is C18H23N5O3S. The van der Waals surface area contributed by atoms with Crippen molar-refractivity contribution in [3.05, 3.63) is 36.5 Å². The lowest BCUT2D eigenvalue weighted by atomic mass is 10.2. The first-order chi connectivity index (χ1) is 12.9. The van der Waals surface area contributed by atoms with Crippen molar-refractivity contribution in [3.8, 4) is 0 Å². The summed E-state index contributed by atoms with van der Waals surface area (Å²) in [5.41, 5.74) is 1.50. The smallest absolute Gasteiger partial charge is 0.229 e. The molecule has 2 heterocycles. The summed E-state index contributed by atoms with van der Waals surface area (Å²) < 4.78 is 23.6. The van der Waals surface area contributed by atoms with Crippen LogP contribution in [0.1, 0.15) is 20.3 Å². The number of nitrogens with zero attached hydrogens (tertiary/aromatic N) is 3. The first kappa shape index (κ1) is 19.1. The number of sulfone groups is 1. The second kappa shape index (κ2) is 7.91. The molecule has 0 aliphatic carbocycles. The van der Waals surface area contributed by atoms with Crippen LogP contribution in [-0.2, 0) is 14.6 Å². The molecule has 9 heteroatoms. The van der Waals surface area contributed by atoms with E-state index in [2.05, 4.69) is 20.6 Å². The zero-order valence-electron chi connectivity index (χ0n) is 15.3. The van der Waals surface area contributed by atoms with Crippen LogP contribution in [0.2, 0.25) is 0 Å². The predicted molar refractivity (Wildman–Crippen MR) is 106 cm³/mol. The fraction of sp³-hybridized carbons (Fsp3) is 0.389. The molecule has 1 unspecified atom stereocenters. The summed E-state index contributed by atoms with van der Waals surface area (Å²) in [4.78, 5) is 21.9. The topological polar surface area (TPSA) is 104 Å². The molecule has 144 valence electrons. The van der Waals surface area contributed by atoms with Crippen LogP contribution >= 0.6 is 0 Å². The van der Waals surface area contributed by atoms with Crippen LogP contribution in [0.5, 0.6) is 0 Å². The van der Waals surface area contributed by atoms with E-state index < -0.39 is 9.84 Å². The minimum Gasteiger partial charge on any atom is -0.353 e. The molecule has 2 aromatic rings. The maximum absolute atomic E-state index is 11.8. The molecule has 1 aromatic heterocycles. The molecule has 3 rings (SSSR count). The molecule has 8 nitrogen and oxygen atoms in total. The summed E-state index contributed by atoms with van der Waals surface area (Å²) in [5, 5.41) is 5.84. The zero-order valence-corrected chi connectivity index (χ0v) is 16.2. The normalized spacial score (nSPS) is 18.1. The Bertz CT molecular complexity index is 915. The van der Waals surface area contributed by atoms with Gasteiger partial charge < -0.3 is 15.5 Å². The first-order valence-corrected chi connectivity index (χ1v) is 10.6. The molecule has 1 fully saturated rings. The van der Waals surface area contributed by atoms with Crippen molar-refractivity contribution < 1.29 is 13.2 Å². The van der Waals surface area contributed by atoms with Gasteiger partial charge in [0.2, 0.25) is 11.9 Å². The highest BCUT2D eigenvalue weighted by Gasteiger charge is 2.32. The number of amides is 1. The lowest BCUT2D eigenvalue weighted by molar-refractivity contribution is -0.114. The van der Waals surface area contributed by atoms with Crippen molar-refractivity contribution in [2.75, 3.05) is 33.6 Å². The van der Waals surface area contributed by atoms with E-state index in [4.69, 9.17) is 0 Å². The molecule has 1 saturated heterocycles. The lowest BCUT2D eigenvalue weighted by Gasteiger charge is -2.28. The van der Waals surface area contributed by atoms with Crippen molar-refractivity contribution in [3.63, 3.8) is 0 Å². The molecule has 0 saturated carbocycles. The zero-order chi connectivity index (χ0) is 19.4. The molecule has 1 aliphatic rings. The van der Waals surface area contributed by atoms with Crippen molar-refractivity contribution in [1.82, 2.24) is 9.97 Å². The minimum absolute atomic E-state index is 0.0558. The Morgan fingerprint density at radius 1 is 1.22 bits per heavy atom. The molecule has 1 amide bonds. The van der Waals surface area contributed by atoms with E-state index in [1.54, 1.807) is 24.4 Å². The van der Waals surface area contributed by atoms with Gasteiger partial charge in [-0.2, -0.15) is 4.98 Å². The Kier molecular flexibility index (Phi) is 5.59. The van der Waals surface area contributed by atoms with E-state index in [9.17, 15) is 13.2 Å². The molecule has 2 N–H and O–H groups in total. The SMILES string of the molecule is CCN(c1ccnc(Nc2ccc(NC(C)=O)cc2)n1)C1CCS(=O)(=O)C1. The van der Waals surface area contributed by atoms with Gasteiger partial charge in [0.05, 0.1) is 11.5 Å². The second-order valence-electron chi connectivity index (χ2n) is 6.46. The summed E-state index contributed by atoms with van der Waals surface area (Å²) >= 11 is 0. The van der Waals surface area contributed by atoms with Crippen molar-refractivity contribution >= 4 is 38.9 Å². The Labute approximate surface area is 158 Å². The van der Waals surface area contributed by atoms with Gasteiger partial charge in [0.15, 0.2) is 9.84 Å². The average Bonchev–Trinajstić information content (AvgIpc) is 2.97. The van der Waals surface area contributed by atoms with Crippen LogP contribution in [0.15, 0.2) is 36.5 Å². The van der Waals surface area contributed by atoms with Crippen LogP contribution in [0.3, 0.4) is 0 Å². The third-order valence-corrected chi connectivity index (χ3v) is 6.14. The molecule has 1 aromatic carbocycles. The van der Waals surface area contributed by atoms with Gasteiger partial charge in [0, 0.05) is 37.1 Å². The highest BCUT2D eigenvalue weighted by atomic mass is 32.2. The van der Waals surface area contributed by atoms with Crippen molar-refractivity contribution in [2.45, 2.75) is 26.3 Å². The standard InChI is InChI=1S/C18H23N5O3S/c1-3-23(16-9-11-27(25,26)12-16)17-8-10-19-18(22-17)21-15-6-4-14(5-7-15)20-13(2)24/h4-8,10,16H,3,9,11-12H2,1-2H3,(H,20,24)(H,19,21,22). The molecule has 0 radical (unpaired) electrons. The van der Waals surface area contributed by atoms with E-state index in [0.29, 0.717) is 30.4 Å². The number of hydrogen-bond donors (Lipinski definition) is 2. The van der Waals surface area contributed by atoms with Gasteiger partial charge in [-0.05, 0) is 43.7 Å². The number of hydrogen-bond acceptors (Lipinski definition) is 7. The van der Waals surface area contributed by atoms with Crippen LogP contribution in [0.25, 0.3) is 0 Å². The van der Waals surface area contributed by atoms with E-state index in [1.807, 2.05) is 24.0 Å². The first-order valence-electron chi connectivity index (χ1n) is 8.81. The summed E-state index contributed by atoms with van der Waals surface area (Å²) in [6, 6.07) is 8.95. The van der Waals surface area contributed by atoms with E-state index in [-0.39, 0.29) is 23.5 Å². The third kappa shape index (κ3) is 4.94. The predicted octanol–water partition coefficient (Wildman–Crippen LogP) is 2.19. The summed E-state index contributed by atoms with van der Waals surface area (Å²) in [6.45, 7) is 4.11. The number of nitrogens with one attached hydrogen (secondary N) is 2. The Morgan fingerprint density at radius 3 is 2.52 bits per heavy atom. The second-order valence-corrected chi connectivity index (χ2v) is 8.69. The highest BCUT2D eigenvalue weighted by molar-refractivity contribution is 7.91. The summed E-state index contributed by atoms with van der Waals surface area (Å²) in [7, 11) is -2.96. The van der Waals surface area contributed by atoms with Gasteiger partial charge in [0.25, 0.3) is 0 Å². The Balaban J connectivity index is 1.74. The molecule has 0 spiro atoms. The molecule has 1 aliphatic heterocycles. The van der Waals surface area contributed by atoms with Gasteiger partial charge >= 0.3 is 0 Å². The number of rotatable bonds is 6. The quantitative estimate of drug-likeness (QED) is 0.780. The van der Waals surface area contributed by atoms with Gasteiger partial charge in [-0.1, -0.05) is 0 Å². The van der Waals surface area contributed by atoms with Crippen LogP contribution in [0, 0.1) is 0 Å².